The summed E-state index contributed by atoms with van der Waals surface area (Å²) in [4.78, 5) is 4.98. The van der Waals surface area contributed by atoms with Crippen molar-refractivity contribution in [1.82, 2.24) is 15.1 Å². The first-order valence-corrected chi connectivity index (χ1v) is 7.52. The molecule has 18 heavy (non-hydrogen) atoms. The van der Waals surface area contributed by atoms with Crippen molar-refractivity contribution in [2.24, 2.45) is 0 Å². The zero-order chi connectivity index (χ0) is 13.6. The molecular formula is C15H33N3. The average Bonchev–Trinajstić information content (AvgIpc) is 2.26. The first-order valence-electron chi connectivity index (χ1n) is 7.52. The molecule has 1 unspecified atom stereocenters. The second kappa shape index (κ2) is 7.46. The van der Waals surface area contributed by atoms with E-state index in [2.05, 4.69) is 50.0 Å². The van der Waals surface area contributed by atoms with Gasteiger partial charge in [0.25, 0.3) is 0 Å². The maximum Gasteiger partial charge on any atom is 0.0220 e. The van der Waals surface area contributed by atoms with Gasteiger partial charge in [0.2, 0.25) is 0 Å². The molecule has 1 fully saturated rings. The zero-order valence-electron chi connectivity index (χ0n) is 13.1. The Bertz CT molecular complexity index is 220. The molecule has 1 atom stereocenters. The van der Waals surface area contributed by atoms with Crippen LogP contribution in [0.5, 0.6) is 0 Å². The molecule has 3 heteroatoms. The monoisotopic (exact) mass is 255 g/mol. The van der Waals surface area contributed by atoms with Gasteiger partial charge in [-0.1, -0.05) is 6.42 Å². The van der Waals surface area contributed by atoms with Gasteiger partial charge in [0, 0.05) is 18.1 Å². The molecule has 1 heterocycles. The third-order valence-corrected chi connectivity index (χ3v) is 3.67. The van der Waals surface area contributed by atoms with Crippen molar-refractivity contribution in [3.8, 4) is 0 Å². The molecule has 0 aliphatic carbocycles. The molecule has 0 spiro atoms. The highest BCUT2D eigenvalue weighted by molar-refractivity contribution is 4.82. The average molecular weight is 255 g/mol. The fourth-order valence-corrected chi connectivity index (χ4v) is 2.60. The Morgan fingerprint density at radius 3 is 2.56 bits per heavy atom. The molecule has 0 bridgehead atoms. The van der Waals surface area contributed by atoms with Crippen LogP contribution in [0.1, 0.15) is 46.5 Å². The van der Waals surface area contributed by atoms with Crippen LogP contribution < -0.4 is 5.32 Å². The van der Waals surface area contributed by atoms with Crippen LogP contribution in [0.4, 0.5) is 0 Å². The number of nitrogens with zero attached hydrogens (tertiary/aromatic N) is 2. The van der Waals surface area contributed by atoms with Gasteiger partial charge >= 0.3 is 0 Å². The molecule has 1 aliphatic heterocycles. The molecule has 1 N–H and O–H groups in total. The first-order chi connectivity index (χ1) is 8.38. The van der Waals surface area contributed by atoms with E-state index in [-0.39, 0.29) is 5.54 Å². The topological polar surface area (TPSA) is 18.5 Å². The van der Waals surface area contributed by atoms with Crippen molar-refractivity contribution in [2.75, 3.05) is 40.3 Å². The van der Waals surface area contributed by atoms with Crippen LogP contribution in [0.2, 0.25) is 0 Å². The van der Waals surface area contributed by atoms with Crippen molar-refractivity contribution >= 4 is 0 Å². The van der Waals surface area contributed by atoms with E-state index in [1.165, 1.54) is 45.3 Å². The smallest absolute Gasteiger partial charge is 0.0220 e. The van der Waals surface area contributed by atoms with Crippen molar-refractivity contribution in [1.29, 1.82) is 0 Å². The van der Waals surface area contributed by atoms with Crippen molar-refractivity contribution in [2.45, 2.75) is 58.0 Å². The minimum atomic E-state index is 0.243. The molecule has 1 aliphatic rings. The summed E-state index contributed by atoms with van der Waals surface area (Å²) in [5.74, 6) is 0. The van der Waals surface area contributed by atoms with E-state index >= 15 is 0 Å². The third-order valence-electron chi connectivity index (χ3n) is 3.67. The fraction of sp³-hybridized carbons (Fsp3) is 1.00. The maximum absolute atomic E-state index is 3.67. The third kappa shape index (κ3) is 6.72. The summed E-state index contributed by atoms with van der Waals surface area (Å²) in [6.45, 7) is 11.7. The number of rotatable bonds is 6. The first kappa shape index (κ1) is 15.9. The van der Waals surface area contributed by atoms with Gasteiger partial charge < -0.3 is 10.2 Å². The van der Waals surface area contributed by atoms with E-state index in [4.69, 9.17) is 0 Å². The Balaban J connectivity index is 2.32. The number of hydrogen-bond donors (Lipinski definition) is 1. The molecule has 0 aromatic rings. The highest BCUT2D eigenvalue weighted by Crippen LogP contribution is 2.17. The lowest BCUT2D eigenvalue weighted by Crippen LogP contribution is -2.50. The zero-order valence-corrected chi connectivity index (χ0v) is 13.1. The Morgan fingerprint density at radius 2 is 1.94 bits per heavy atom. The van der Waals surface area contributed by atoms with Crippen LogP contribution in [0.25, 0.3) is 0 Å². The van der Waals surface area contributed by atoms with Crippen LogP contribution >= 0.6 is 0 Å². The summed E-state index contributed by atoms with van der Waals surface area (Å²) in [5, 5.41) is 3.67. The number of hydrogen-bond acceptors (Lipinski definition) is 3. The van der Waals surface area contributed by atoms with Crippen molar-refractivity contribution in [3.05, 3.63) is 0 Å². The number of nitrogens with one attached hydrogen (secondary N) is 1. The van der Waals surface area contributed by atoms with Gasteiger partial charge in [-0.25, -0.2) is 0 Å². The summed E-state index contributed by atoms with van der Waals surface area (Å²) in [5.41, 5.74) is 0.243. The standard InChI is InChI=1S/C15H33N3/c1-15(2,3)16-13-14-9-6-7-11-18(14)12-8-10-17(4)5/h14,16H,6-13H2,1-5H3. The molecule has 0 saturated carbocycles. The van der Waals surface area contributed by atoms with Crippen LogP contribution in [0, 0.1) is 0 Å². The van der Waals surface area contributed by atoms with Gasteiger partial charge in [0.15, 0.2) is 0 Å². The van der Waals surface area contributed by atoms with Gasteiger partial charge in [-0.05, 0) is 73.8 Å². The van der Waals surface area contributed by atoms with Crippen molar-refractivity contribution in [3.63, 3.8) is 0 Å². The lowest BCUT2D eigenvalue weighted by Gasteiger charge is -2.37. The molecular weight excluding hydrogens is 222 g/mol. The van der Waals surface area contributed by atoms with E-state index in [0.717, 1.165) is 12.6 Å². The highest BCUT2D eigenvalue weighted by Gasteiger charge is 2.23. The number of piperidine rings is 1. The van der Waals surface area contributed by atoms with E-state index in [0.29, 0.717) is 0 Å². The maximum atomic E-state index is 3.67. The summed E-state index contributed by atoms with van der Waals surface area (Å²) in [6.07, 6.45) is 5.44. The predicted molar refractivity (Wildman–Crippen MR) is 80.1 cm³/mol. The summed E-state index contributed by atoms with van der Waals surface area (Å²) in [7, 11) is 4.32. The SMILES string of the molecule is CN(C)CCCN1CCCCC1CNC(C)(C)C. The Labute approximate surface area is 114 Å². The lowest BCUT2D eigenvalue weighted by molar-refractivity contribution is 0.133. The normalized spacial score (nSPS) is 22.7. The van der Waals surface area contributed by atoms with Crippen LogP contribution in [0.3, 0.4) is 0 Å². The van der Waals surface area contributed by atoms with Gasteiger partial charge in [0.05, 0.1) is 0 Å². The molecule has 0 radical (unpaired) electrons. The van der Waals surface area contributed by atoms with E-state index in [9.17, 15) is 0 Å². The van der Waals surface area contributed by atoms with Gasteiger partial charge in [0.1, 0.15) is 0 Å². The van der Waals surface area contributed by atoms with Crippen LogP contribution in [-0.2, 0) is 0 Å². The van der Waals surface area contributed by atoms with Crippen molar-refractivity contribution < 1.29 is 0 Å². The molecule has 0 amide bonds. The Kier molecular flexibility index (Phi) is 6.61. The second-order valence-electron chi connectivity index (χ2n) is 6.97. The number of likely N-dealkylation sites (tertiary alicyclic amines) is 1. The van der Waals surface area contributed by atoms with E-state index in [1.54, 1.807) is 0 Å². The Morgan fingerprint density at radius 1 is 1.22 bits per heavy atom. The summed E-state index contributed by atoms with van der Waals surface area (Å²) < 4.78 is 0. The quantitative estimate of drug-likeness (QED) is 0.785. The minimum absolute atomic E-state index is 0.243. The van der Waals surface area contributed by atoms with Gasteiger partial charge in [-0.3, -0.25) is 4.90 Å². The summed E-state index contributed by atoms with van der Waals surface area (Å²) >= 11 is 0. The minimum Gasteiger partial charge on any atom is -0.311 e. The molecule has 108 valence electrons. The molecule has 1 saturated heterocycles. The fourth-order valence-electron chi connectivity index (χ4n) is 2.60. The molecule has 0 aromatic heterocycles. The lowest BCUT2D eigenvalue weighted by atomic mass is 10.00. The predicted octanol–water partition coefficient (Wildman–Crippen LogP) is 2.18. The van der Waals surface area contributed by atoms with E-state index < -0.39 is 0 Å². The molecule has 3 nitrogen and oxygen atoms in total. The summed E-state index contributed by atoms with van der Waals surface area (Å²) in [6, 6.07) is 0.750. The van der Waals surface area contributed by atoms with Crippen LogP contribution in [0.15, 0.2) is 0 Å². The molecule has 1 rings (SSSR count). The second-order valence-corrected chi connectivity index (χ2v) is 6.97. The van der Waals surface area contributed by atoms with Gasteiger partial charge in [-0.2, -0.15) is 0 Å². The largest absolute Gasteiger partial charge is 0.311 e. The Hall–Kier alpha value is -0.120. The highest BCUT2D eigenvalue weighted by atomic mass is 15.2. The van der Waals surface area contributed by atoms with Gasteiger partial charge in [-0.15, -0.1) is 0 Å². The van der Waals surface area contributed by atoms with Crippen LogP contribution in [-0.4, -0.2) is 61.7 Å². The van der Waals surface area contributed by atoms with E-state index in [1.807, 2.05) is 0 Å². The molecule has 0 aromatic carbocycles.